The summed E-state index contributed by atoms with van der Waals surface area (Å²) in [4.78, 5) is 4.78. The summed E-state index contributed by atoms with van der Waals surface area (Å²) < 4.78 is 32.1. The van der Waals surface area contributed by atoms with E-state index in [4.69, 9.17) is 26.6 Å². The molecule has 0 saturated carbocycles. The molecule has 0 radical (unpaired) electrons. The van der Waals surface area contributed by atoms with E-state index in [0.717, 1.165) is 28.0 Å². The smallest absolute Gasteiger partial charge is 0.193 e. The summed E-state index contributed by atoms with van der Waals surface area (Å²) in [6.07, 6.45) is 0.560. The molecule has 1 aliphatic heterocycles. The topological polar surface area (TPSA) is 79.5 Å². The van der Waals surface area contributed by atoms with E-state index in [1.165, 1.54) is 6.07 Å². The molecule has 0 N–H and O–H groups in total. The van der Waals surface area contributed by atoms with Crippen molar-refractivity contribution in [2.45, 2.75) is 16.7 Å². The summed E-state index contributed by atoms with van der Waals surface area (Å²) in [6.45, 7) is 0. The SMILES string of the molecule is COc1cccc2c1C(CS(=O)(=O)c1ccc(Cl)s1)=NC2Cc1cccc(C#N)c1. The van der Waals surface area contributed by atoms with Crippen LogP contribution in [-0.4, -0.2) is 27.0 Å². The van der Waals surface area contributed by atoms with Gasteiger partial charge in [0.15, 0.2) is 9.84 Å². The van der Waals surface area contributed by atoms with Crippen molar-refractivity contribution in [3.8, 4) is 11.8 Å². The Morgan fingerprint density at radius 1 is 1.20 bits per heavy atom. The maximum absolute atomic E-state index is 13.0. The van der Waals surface area contributed by atoms with Gasteiger partial charge in [-0.3, -0.25) is 4.99 Å². The van der Waals surface area contributed by atoms with E-state index in [2.05, 4.69) is 6.07 Å². The first-order valence-corrected chi connectivity index (χ1v) is 12.0. The molecule has 2 aromatic carbocycles. The van der Waals surface area contributed by atoms with E-state index in [1.807, 2.05) is 36.4 Å². The quantitative estimate of drug-likeness (QED) is 0.531. The molecule has 0 bridgehead atoms. The molecule has 1 atom stereocenters. The van der Waals surface area contributed by atoms with Crippen molar-refractivity contribution >= 4 is 38.5 Å². The maximum Gasteiger partial charge on any atom is 0.193 e. The van der Waals surface area contributed by atoms with Crippen molar-refractivity contribution in [2.24, 2.45) is 4.99 Å². The second-order valence-electron chi connectivity index (χ2n) is 6.85. The van der Waals surface area contributed by atoms with Gasteiger partial charge in [-0.2, -0.15) is 5.26 Å². The maximum atomic E-state index is 13.0. The highest BCUT2D eigenvalue weighted by Gasteiger charge is 2.32. The number of benzene rings is 2. The Bertz CT molecular complexity index is 1290. The van der Waals surface area contributed by atoms with Gasteiger partial charge in [0.1, 0.15) is 9.96 Å². The van der Waals surface area contributed by atoms with Crippen molar-refractivity contribution < 1.29 is 13.2 Å². The molecule has 30 heavy (non-hydrogen) atoms. The fourth-order valence-electron chi connectivity index (χ4n) is 3.60. The molecule has 1 aromatic heterocycles. The highest BCUT2D eigenvalue weighted by molar-refractivity contribution is 7.94. The predicted octanol–water partition coefficient (Wildman–Crippen LogP) is 4.84. The van der Waals surface area contributed by atoms with Gasteiger partial charge in [-0.15, -0.1) is 11.3 Å². The second kappa shape index (κ2) is 8.23. The van der Waals surface area contributed by atoms with Gasteiger partial charge in [0.25, 0.3) is 0 Å². The molecular weight excluding hydrogens is 440 g/mol. The number of nitrogens with zero attached hydrogens (tertiary/aromatic N) is 2. The third kappa shape index (κ3) is 3.99. The molecule has 8 heteroatoms. The summed E-state index contributed by atoms with van der Waals surface area (Å²) in [5.74, 6) is 0.366. The van der Waals surface area contributed by atoms with Crippen molar-refractivity contribution in [3.05, 3.63) is 81.2 Å². The van der Waals surface area contributed by atoms with E-state index in [9.17, 15) is 8.42 Å². The molecule has 2 heterocycles. The van der Waals surface area contributed by atoms with Crippen LogP contribution in [0.3, 0.4) is 0 Å². The van der Waals surface area contributed by atoms with Crippen LogP contribution in [0.25, 0.3) is 0 Å². The minimum Gasteiger partial charge on any atom is -0.496 e. The van der Waals surface area contributed by atoms with E-state index in [1.54, 1.807) is 19.2 Å². The lowest BCUT2D eigenvalue weighted by molar-refractivity contribution is 0.413. The highest BCUT2D eigenvalue weighted by atomic mass is 35.5. The molecule has 0 aliphatic carbocycles. The number of ether oxygens (including phenoxy) is 1. The van der Waals surface area contributed by atoms with Gasteiger partial charge in [0, 0.05) is 5.56 Å². The Morgan fingerprint density at radius 2 is 2.00 bits per heavy atom. The van der Waals surface area contributed by atoms with Crippen LogP contribution in [0.15, 0.2) is 63.8 Å². The van der Waals surface area contributed by atoms with Crippen LogP contribution < -0.4 is 4.74 Å². The van der Waals surface area contributed by atoms with E-state index in [-0.39, 0.29) is 16.0 Å². The number of halogens is 1. The zero-order valence-electron chi connectivity index (χ0n) is 16.0. The second-order valence-corrected chi connectivity index (χ2v) is 10.8. The molecule has 152 valence electrons. The van der Waals surface area contributed by atoms with Gasteiger partial charge in [-0.1, -0.05) is 35.9 Å². The third-order valence-corrected chi connectivity index (χ3v) is 8.34. The Morgan fingerprint density at radius 3 is 2.70 bits per heavy atom. The predicted molar refractivity (Wildman–Crippen MR) is 119 cm³/mol. The largest absolute Gasteiger partial charge is 0.496 e. The van der Waals surface area contributed by atoms with Gasteiger partial charge in [-0.25, -0.2) is 8.42 Å². The summed E-state index contributed by atoms with van der Waals surface area (Å²) in [5, 5.41) is 9.16. The molecule has 0 fully saturated rings. The molecule has 1 unspecified atom stereocenters. The Balaban J connectivity index is 1.73. The average Bonchev–Trinajstić information content (AvgIpc) is 3.32. The minimum absolute atomic E-state index is 0.219. The van der Waals surface area contributed by atoms with Gasteiger partial charge in [0.2, 0.25) is 0 Å². The molecule has 3 aromatic rings. The van der Waals surface area contributed by atoms with Crippen LogP contribution in [0.1, 0.15) is 28.3 Å². The zero-order valence-corrected chi connectivity index (χ0v) is 18.4. The minimum atomic E-state index is -3.59. The normalized spacial score (nSPS) is 15.4. The van der Waals surface area contributed by atoms with Gasteiger partial charge in [-0.05, 0) is 47.9 Å². The molecule has 0 saturated heterocycles. The summed E-state index contributed by atoms with van der Waals surface area (Å²) >= 11 is 6.97. The number of rotatable bonds is 6. The average molecular weight is 457 g/mol. The molecule has 5 nitrogen and oxygen atoms in total. The number of sulfone groups is 1. The van der Waals surface area contributed by atoms with Gasteiger partial charge < -0.3 is 4.74 Å². The van der Waals surface area contributed by atoms with Crippen LogP contribution in [0.5, 0.6) is 5.75 Å². The van der Waals surface area contributed by atoms with E-state index in [0.29, 0.717) is 27.8 Å². The molecule has 0 amide bonds. The zero-order chi connectivity index (χ0) is 21.3. The van der Waals surface area contributed by atoms with Crippen LogP contribution >= 0.6 is 22.9 Å². The molecule has 1 aliphatic rings. The van der Waals surface area contributed by atoms with Crippen LogP contribution in [-0.2, 0) is 16.3 Å². The summed E-state index contributed by atoms with van der Waals surface area (Å²) in [5.41, 5.74) is 3.68. The number of fused-ring (bicyclic) bond motifs is 1. The van der Waals surface area contributed by atoms with Crippen molar-refractivity contribution in [1.29, 1.82) is 5.26 Å². The fraction of sp³-hybridized carbons (Fsp3) is 0.182. The van der Waals surface area contributed by atoms with Gasteiger partial charge >= 0.3 is 0 Å². The number of methoxy groups -OCH3 is 1. The lowest BCUT2D eigenvalue weighted by atomic mass is 9.96. The molecular formula is C22H17ClN2O3S2. The number of nitriles is 1. The summed E-state index contributed by atoms with van der Waals surface area (Å²) in [7, 11) is -2.03. The summed E-state index contributed by atoms with van der Waals surface area (Å²) in [6, 6.07) is 18.0. The van der Waals surface area contributed by atoms with Crippen molar-refractivity contribution in [1.82, 2.24) is 0 Å². The standard InChI is InChI=1S/C22H17ClN2O3S2/c1-28-19-7-3-6-16-17(11-14-4-2-5-15(10-14)12-24)25-18(22(16)19)13-30(26,27)21-9-8-20(23)29-21/h2-10,17H,11,13H2,1H3. The van der Waals surface area contributed by atoms with Crippen LogP contribution in [0.4, 0.5) is 0 Å². The number of hydrogen-bond donors (Lipinski definition) is 0. The Hall–Kier alpha value is -2.66. The van der Waals surface area contributed by atoms with Crippen LogP contribution in [0, 0.1) is 11.3 Å². The first-order valence-electron chi connectivity index (χ1n) is 9.12. The third-order valence-electron chi connectivity index (χ3n) is 4.90. The first-order chi connectivity index (χ1) is 14.4. The monoisotopic (exact) mass is 456 g/mol. The number of hydrogen-bond acceptors (Lipinski definition) is 6. The lowest BCUT2D eigenvalue weighted by Gasteiger charge is -2.12. The molecule has 4 rings (SSSR count). The number of aliphatic imine (C=N–C) groups is 1. The van der Waals surface area contributed by atoms with Crippen molar-refractivity contribution in [2.75, 3.05) is 12.9 Å². The Kier molecular flexibility index (Phi) is 5.65. The highest BCUT2D eigenvalue weighted by Crippen LogP contribution is 2.38. The first kappa shape index (κ1) is 20.6. The Labute approximate surface area is 184 Å². The molecule has 0 spiro atoms. The van der Waals surface area contributed by atoms with Crippen molar-refractivity contribution in [3.63, 3.8) is 0 Å². The van der Waals surface area contributed by atoms with E-state index < -0.39 is 9.84 Å². The van der Waals surface area contributed by atoms with Gasteiger partial charge in [0.05, 0.1) is 40.6 Å². The number of thiophene rings is 1. The fourth-order valence-corrected chi connectivity index (χ4v) is 6.46. The van der Waals surface area contributed by atoms with Crippen LogP contribution in [0.2, 0.25) is 4.34 Å². The van der Waals surface area contributed by atoms with E-state index >= 15 is 0 Å². The lowest BCUT2D eigenvalue weighted by Crippen LogP contribution is -2.16.